The van der Waals surface area contributed by atoms with Gasteiger partial charge in [0.1, 0.15) is 6.17 Å². The van der Waals surface area contributed by atoms with E-state index in [1.807, 2.05) is 30.3 Å². The van der Waals surface area contributed by atoms with E-state index in [0.29, 0.717) is 18.4 Å². The van der Waals surface area contributed by atoms with Crippen LogP contribution in [0.25, 0.3) is 0 Å². The Morgan fingerprint density at radius 1 is 1.29 bits per heavy atom. The van der Waals surface area contributed by atoms with Crippen LogP contribution in [0.3, 0.4) is 0 Å². The molecule has 3 heteroatoms. The zero-order valence-corrected chi connectivity index (χ0v) is 12.5. The van der Waals surface area contributed by atoms with Crippen LogP contribution >= 0.6 is 0 Å². The Morgan fingerprint density at radius 3 is 2.71 bits per heavy atom. The monoisotopic (exact) mass is 289 g/mol. The molecule has 0 spiro atoms. The number of hydrogen-bond donors (Lipinski definition) is 1. The molecule has 2 bridgehead atoms. The van der Waals surface area contributed by atoms with Gasteiger partial charge in [-0.15, -0.1) is 0 Å². The fraction of sp³-hybridized carbons (Fsp3) is 0.611. The number of benzene rings is 1. The maximum absolute atomic E-state index is 14.8. The molecule has 3 aliphatic rings. The molecule has 1 saturated carbocycles. The van der Waals surface area contributed by atoms with Crippen molar-refractivity contribution < 1.29 is 9.18 Å². The molecule has 0 amide bonds. The standard InChI is InChI=1S/C18H24FNO/c19-17(7-6-16(21)15-4-2-1-3-5-15)18-10-8-14(9-11-18)12-20-13-18/h1-5,14,17,20H,6-13H2. The summed E-state index contributed by atoms with van der Waals surface area (Å²) in [5.74, 6) is 0.795. The summed E-state index contributed by atoms with van der Waals surface area (Å²) < 4.78 is 14.8. The first-order valence-corrected chi connectivity index (χ1v) is 8.13. The van der Waals surface area contributed by atoms with Gasteiger partial charge in [0.25, 0.3) is 0 Å². The van der Waals surface area contributed by atoms with E-state index in [4.69, 9.17) is 0 Å². The van der Waals surface area contributed by atoms with Crippen molar-refractivity contribution in [3.05, 3.63) is 35.9 Å². The molecule has 114 valence electrons. The van der Waals surface area contributed by atoms with Crippen LogP contribution in [0.15, 0.2) is 30.3 Å². The predicted octanol–water partition coefficient (Wildman–Crippen LogP) is 3.77. The number of carbonyl (C=O) groups excluding carboxylic acids is 1. The number of Topliss-reactive ketones (excluding diaryl/α,β-unsaturated/α-hetero) is 1. The van der Waals surface area contributed by atoms with Gasteiger partial charge in [-0.25, -0.2) is 4.39 Å². The minimum atomic E-state index is -0.864. The minimum absolute atomic E-state index is 0.0601. The third-order valence-electron chi connectivity index (χ3n) is 5.40. The van der Waals surface area contributed by atoms with Crippen LogP contribution in [-0.4, -0.2) is 25.0 Å². The summed E-state index contributed by atoms with van der Waals surface area (Å²) >= 11 is 0. The van der Waals surface area contributed by atoms with Crippen molar-refractivity contribution in [2.45, 2.75) is 44.7 Å². The molecule has 1 unspecified atom stereocenters. The number of alkyl halides is 1. The van der Waals surface area contributed by atoms with Crippen LogP contribution in [0, 0.1) is 11.3 Å². The number of hydrogen-bond acceptors (Lipinski definition) is 2. The molecule has 1 atom stereocenters. The first-order chi connectivity index (χ1) is 10.2. The van der Waals surface area contributed by atoms with Gasteiger partial charge in [0.15, 0.2) is 5.78 Å². The molecule has 0 aromatic heterocycles. The van der Waals surface area contributed by atoms with Crippen LogP contribution in [0.5, 0.6) is 0 Å². The Hall–Kier alpha value is -1.22. The second-order valence-corrected chi connectivity index (χ2v) is 6.73. The van der Waals surface area contributed by atoms with Gasteiger partial charge in [-0.1, -0.05) is 30.3 Å². The molecule has 21 heavy (non-hydrogen) atoms. The van der Waals surface area contributed by atoms with Gasteiger partial charge in [-0.3, -0.25) is 4.79 Å². The fourth-order valence-corrected chi connectivity index (χ4v) is 3.92. The zero-order chi connectivity index (χ0) is 14.7. The van der Waals surface area contributed by atoms with Gasteiger partial charge in [0, 0.05) is 23.9 Å². The highest BCUT2D eigenvalue weighted by Gasteiger charge is 2.44. The molecule has 1 N–H and O–H groups in total. The molecule has 3 fully saturated rings. The molecule has 1 aromatic rings. The molecule has 2 heterocycles. The SMILES string of the molecule is O=C(CCC(F)C12CCC(CC1)CNC2)c1ccccc1. The maximum atomic E-state index is 14.8. The van der Waals surface area contributed by atoms with E-state index in [0.717, 1.165) is 44.7 Å². The summed E-state index contributed by atoms with van der Waals surface area (Å²) in [6.07, 6.45) is 4.05. The molecule has 2 saturated heterocycles. The first-order valence-electron chi connectivity index (χ1n) is 8.13. The second-order valence-electron chi connectivity index (χ2n) is 6.73. The van der Waals surface area contributed by atoms with Crippen LogP contribution in [0.1, 0.15) is 48.9 Å². The molecular weight excluding hydrogens is 265 g/mol. The van der Waals surface area contributed by atoms with Crippen LogP contribution in [-0.2, 0) is 0 Å². The van der Waals surface area contributed by atoms with Crippen LogP contribution < -0.4 is 5.32 Å². The largest absolute Gasteiger partial charge is 0.316 e. The lowest BCUT2D eigenvalue weighted by Gasteiger charge is -2.39. The molecule has 2 aliphatic heterocycles. The lowest BCUT2D eigenvalue weighted by atomic mass is 9.68. The Balaban J connectivity index is 1.58. The third-order valence-corrected chi connectivity index (χ3v) is 5.40. The average Bonchev–Trinajstić information content (AvgIpc) is 2.88. The van der Waals surface area contributed by atoms with Crippen LogP contribution in [0.2, 0.25) is 0 Å². The summed E-state index contributed by atoms with van der Waals surface area (Å²) in [6.45, 7) is 1.82. The van der Waals surface area contributed by atoms with Crippen molar-refractivity contribution in [2.75, 3.05) is 13.1 Å². The van der Waals surface area contributed by atoms with E-state index in [9.17, 15) is 9.18 Å². The Labute approximate surface area is 126 Å². The minimum Gasteiger partial charge on any atom is -0.316 e. The Kier molecular flexibility index (Phi) is 4.39. The van der Waals surface area contributed by atoms with E-state index in [1.54, 1.807) is 0 Å². The molecule has 0 radical (unpaired) electrons. The summed E-state index contributed by atoms with van der Waals surface area (Å²) in [7, 11) is 0. The van der Waals surface area contributed by atoms with Crippen molar-refractivity contribution in [2.24, 2.45) is 11.3 Å². The van der Waals surface area contributed by atoms with Gasteiger partial charge < -0.3 is 5.32 Å². The van der Waals surface area contributed by atoms with Crippen molar-refractivity contribution >= 4 is 5.78 Å². The summed E-state index contributed by atoms with van der Waals surface area (Å²) in [4.78, 5) is 12.1. The van der Waals surface area contributed by atoms with Crippen molar-refractivity contribution in [1.82, 2.24) is 5.32 Å². The highest BCUT2D eigenvalue weighted by atomic mass is 19.1. The van der Waals surface area contributed by atoms with Crippen molar-refractivity contribution in [3.8, 4) is 0 Å². The Morgan fingerprint density at radius 2 is 2.00 bits per heavy atom. The van der Waals surface area contributed by atoms with E-state index in [2.05, 4.69) is 5.32 Å². The highest BCUT2D eigenvalue weighted by molar-refractivity contribution is 5.95. The van der Waals surface area contributed by atoms with Crippen LogP contribution in [0.4, 0.5) is 4.39 Å². The normalized spacial score (nSPS) is 29.9. The molecule has 4 rings (SSSR count). The summed E-state index contributed by atoms with van der Waals surface area (Å²) in [5, 5.41) is 3.43. The van der Waals surface area contributed by atoms with E-state index in [-0.39, 0.29) is 11.2 Å². The molecular formula is C18H24FNO. The quantitative estimate of drug-likeness (QED) is 0.836. The van der Waals surface area contributed by atoms with Gasteiger partial charge in [0.2, 0.25) is 0 Å². The molecule has 1 aromatic carbocycles. The van der Waals surface area contributed by atoms with E-state index < -0.39 is 6.17 Å². The first kappa shape index (κ1) is 14.7. The number of carbonyl (C=O) groups is 1. The number of nitrogens with one attached hydrogen (secondary N) is 1. The van der Waals surface area contributed by atoms with E-state index in [1.165, 1.54) is 0 Å². The van der Waals surface area contributed by atoms with E-state index >= 15 is 0 Å². The van der Waals surface area contributed by atoms with Gasteiger partial charge >= 0.3 is 0 Å². The number of fused-ring (bicyclic) bond motifs is 4. The number of rotatable bonds is 5. The van der Waals surface area contributed by atoms with Gasteiger partial charge in [-0.2, -0.15) is 0 Å². The maximum Gasteiger partial charge on any atom is 0.162 e. The topological polar surface area (TPSA) is 29.1 Å². The van der Waals surface area contributed by atoms with Gasteiger partial charge in [-0.05, 0) is 44.6 Å². The summed E-state index contributed by atoms with van der Waals surface area (Å²) in [5.41, 5.74) is 0.481. The van der Waals surface area contributed by atoms with Crippen molar-refractivity contribution in [3.63, 3.8) is 0 Å². The highest BCUT2D eigenvalue weighted by Crippen LogP contribution is 2.45. The third kappa shape index (κ3) is 3.18. The number of ketones is 1. The van der Waals surface area contributed by atoms with Crippen molar-refractivity contribution in [1.29, 1.82) is 0 Å². The average molecular weight is 289 g/mol. The second kappa shape index (κ2) is 6.27. The predicted molar refractivity (Wildman–Crippen MR) is 82.2 cm³/mol. The smallest absolute Gasteiger partial charge is 0.162 e. The fourth-order valence-electron chi connectivity index (χ4n) is 3.92. The molecule has 1 aliphatic carbocycles. The lowest BCUT2D eigenvalue weighted by molar-refractivity contribution is 0.0552. The van der Waals surface area contributed by atoms with Gasteiger partial charge in [0.05, 0.1) is 0 Å². The molecule has 2 nitrogen and oxygen atoms in total. The summed E-state index contributed by atoms with van der Waals surface area (Å²) in [6, 6.07) is 9.23. The zero-order valence-electron chi connectivity index (χ0n) is 12.5. The Bertz CT molecular complexity index is 474. The number of halogens is 1. The lowest BCUT2D eigenvalue weighted by Crippen LogP contribution is -2.40.